The molecule has 0 spiro atoms. The molecule has 0 saturated heterocycles. The quantitative estimate of drug-likeness (QED) is 0.815. The topological polar surface area (TPSA) is 82.3 Å². The normalized spacial score (nSPS) is 10.4. The summed E-state index contributed by atoms with van der Waals surface area (Å²) in [6.45, 7) is 3.12. The van der Waals surface area contributed by atoms with Gasteiger partial charge in [-0.3, -0.25) is 0 Å². The molecule has 2 rings (SSSR count). The molecule has 112 valence electrons. The summed E-state index contributed by atoms with van der Waals surface area (Å²) in [5.41, 5.74) is 6.66. The summed E-state index contributed by atoms with van der Waals surface area (Å²) in [5, 5.41) is 3.18. The van der Waals surface area contributed by atoms with E-state index in [0.717, 1.165) is 24.5 Å². The summed E-state index contributed by atoms with van der Waals surface area (Å²) in [6.07, 6.45) is 0.989. The Labute approximate surface area is 124 Å². The smallest absolute Gasteiger partial charge is 0.158 e. The molecule has 0 amide bonds. The lowest BCUT2D eigenvalue weighted by Crippen LogP contribution is -2.04. The molecule has 0 aliphatic rings. The Morgan fingerprint density at radius 1 is 1.19 bits per heavy atom. The molecule has 0 unspecified atom stereocenters. The van der Waals surface area contributed by atoms with Gasteiger partial charge in [0.1, 0.15) is 24.0 Å². The highest BCUT2D eigenvalue weighted by Crippen LogP contribution is 2.20. The first-order valence-electron chi connectivity index (χ1n) is 6.83. The minimum Gasteiger partial charge on any atom is -0.494 e. The Morgan fingerprint density at radius 3 is 2.62 bits per heavy atom. The first kappa shape index (κ1) is 15.1. The van der Waals surface area contributed by atoms with Crippen molar-refractivity contribution in [2.75, 3.05) is 24.8 Å². The number of nitrogens with one attached hydrogen (secondary N) is 1. The minimum atomic E-state index is 0.323. The minimum absolute atomic E-state index is 0.323. The van der Waals surface area contributed by atoms with Gasteiger partial charge in [0, 0.05) is 18.9 Å². The van der Waals surface area contributed by atoms with E-state index in [-0.39, 0.29) is 0 Å². The number of rotatable bonds is 7. The lowest BCUT2D eigenvalue weighted by atomic mass is 10.3. The van der Waals surface area contributed by atoms with Gasteiger partial charge in [0.05, 0.1) is 6.61 Å². The van der Waals surface area contributed by atoms with Crippen LogP contribution in [0.3, 0.4) is 0 Å². The number of benzene rings is 1. The number of methoxy groups -OCH3 is 1. The van der Waals surface area contributed by atoms with E-state index in [0.29, 0.717) is 24.1 Å². The van der Waals surface area contributed by atoms with Crippen LogP contribution in [0, 0.1) is 0 Å². The molecule has 1 aromatic heterocycles. The van der Waals surface area contributed by atoms with Crippen LogP contribution in [-0.4, -0.2) is 23.7 Å². The first-order chi connectivity index (χ1) is 10.2. The molecule has 6 heteroatoms. The zero-order valence-electron chi connectivity index (χ0n) is 12.3. The van der Waals surface area contributed by atoms with Crippen LogP contribution in [0.15, 0.2) is 30.3 Å². The predicted octanol–water partition coefficient (Wildman–Crippen LogP) is 2.74. The van der Waals surface area contributed by atoms with Gasteiger partial charge in [-0.25, -0.2) is 9.97 Å². The fourth-order valence-corrected chi connectivity index (χ4v) is 1.78. The number of aromatic nitrogens is 2. The zero-order valence-corrected chi connectivity index (χ0v) is 12.3. The second-order valence-corrected chi connectivity index (χ2v) is 4.53. The van der Waals surface area contributed by atoms with Gasteiger partial charge < -0.3 is 20.5 Å². The fraction of sp³-hybridized carbons (Fsp3) is 0.333. The van der Waals surface area contributed by atoms with Crippen molar-refractivity contribution < 1.29 is 9.47 Å². The van der Waals surface area contributed by atoms with E-state index in [1.807, 2.05) is 24.3 Å². The van der Waals surface area contributed by atoms with Gasteiger partial charge in [0.15, 0.2) is 5.82 Å². The highest BCUT2D eigenvalue weighted by Gasteiger charge is 2.03. The third-order valence-corrected chi connectivity index (χ3v) is 2.67. The van der Waals surface area contributed by atoms with Crippen molar-refractivity contribution in [3.63, 3.8) is 0 Å². The van der Waals surface area contributed by atoms with Gasteiger partial charge in [-0.05, 0) is 30.7 Å². The van der Waals surface area contributed by atoms with Crippen LogP contribution in [0.2, 0.25) is 0 Å². The maximum atomic E-state index is 5.76. The fourth-order valence-electron chi connectivity index (χ4n) is 1.78. The third kappa shape index (κ3) is 4.61. The molecule has 0 saturated carbocycles. The maximum Gasteiger partial charge on any atom is 0.158 e. The summed E-state index contributed by atoms with van der Waals surface area (Å²) in [5.74, 6) is 2.44. The van der Waals surface area contributed by atoms with E-state index in [1.54, 1.807) is 13.2 Å². The highest BCUT2D eigenvalue weighted by molar-refractivity contribution is 5.59. The van der Waals surface area contributed by atoms with E-state index in [4.69, 9.17) is 15.2 Å². The molecule has 1 heterocycles. The highest BCUT2D eigenvalue weighted by atomic mass is 16.5. The molecule has 2 aromatic rings. The van der Waals surface area contributed by atoms with Gasteiger partial charge in [0.25, 0.3) is 0 Å². The Bertz CT molecular complexity index is 572. The van der Waals surface area contributed by atoms with Gasteiger partial charge in [-0.2, -0.15) is 0 Å². The van der Waals surface area contributed by atoms with Gasteiger partial charge in [0.2, 0.25) is 0 Å². The summed E-state index contributed by atoms with van der Waals surface area (Å²) in [6, 6.07) is 9.37. The molecule has 0 bridgehead atoms. The summed E-state index contributed by atoms with van der Waals surface area (Å²) < 4.78 is 10.6. The molecule has 0 atom stereocenters. The number of anilines is 3. The monoisotopic (exact) mass is 288 g/mol. The predicted molar refractivity (Wildman–Crippen MR) is 82.7 cm³/mol. The van der Waals surface area contributed by atoms with E-state index in [1.165, 1.54) is 0 Å². The standard InChI is InChI=1S/C15H20N4O2/c1-3-8-21-12-6-4-11(5-7-12)17-14-9-13(16)18-15(19-14)10-20-2/h4-7,9H,3,8,10H2,1-2H3,(H3,16,17,18,19). The number of hydrogen-bond acceptors (Lipinski definition) is 6. The van der Waals surface area contributed by atoms with Crippen molar-refractivity contribution in [3.8, 4) is 5.75 Å². The molecule has 1 aromatic carbocycles. The Hall–Kier alpha value is -2.34. The Morgan fingerprint density at radius 2 is 1.95 bits per heavy atom. The SMILES string of the molecule is CCCOc1ccc(Nc2cc(N)nc(COC)n2)cc1. The van der Waals surface area contributed by atoms with Gasteiger partial charge in [-0.1, -0.05) is 6.92 Å². The zero-order chi connectivity index (χ0) is 15.1. The molecule has 6 nitrogen and oxygen atoms in total. The first-order valence-corrected chi connectivity index (χ1v) is 6.83. The van der Waals surface area contributed by atoms with Crippen LogP contribution >= 0.6 is 0 Å². The van der Waals surface area contributed by atoms with Crippen LogP contribution in [0.5, 0.6) is 5.75 Å². The van der Waals surface area contributed by atoms with Crippen molar-refractivity contribution in [3.05, 3.63) is 36.2 Å². The number of nitrogens with two attached hydrogens (primary N) is 1. The second kappa shape index (κ2) is 7.44. The summed E-state index contributed by atoms with van der Waals surface area (Å²) in [7, 11) is 1.59. The molecule has 21 heavy (non-hydrogen) atoms. The number of hydrogen-bond donors (Lipinski definition) is 2. The lowest BCUT2D eigenvalue weighted by molar-refractivity contribution is 0.178. The van der Waals surface area contributed by atoms with Crippen molar-refractivity contribution in [1.82, 2.24) is 9.97 Å². The average Bonchev–Trinajstić information content (AvgIpc) is 2.46. The molecular weight excluding hydrogens is 268 g/mol. The number of nitrogens with zero attached hydrogens (tertiary/aromatic N) is 2. The largest absolute Gasteiger partial charge is 0.494 e. The van der Waals surface area contributed by atoms with E-state index in [2.05, 4.69) is 22.2 Å². The third-order valence-electron chi connectivity index (χ3n) is 2.67. The lowest BCUT2D eigenvalue weighted by Gasteiger charge is -2.09. The molecule has 0 aliphatic heterocycles. The van der Waals surface area contributed by atoms with Crippen LogP contribution in [-0.2, 0) is 11.3 Å². The summed E-state index contributed by atoms with van der Waals surface area (Å²) in [4.78, 5) is 8.43. The molecule has 0 radical (unpaired) electrons. The van der Waals surface area contributed by atoms with Crippen LogP contribution < -0.4 is 15.8 Å². The van der Waals surface area contributed by atoms with E-state index < -0.39 is 0 Å². The maximum absolute atomic E-state index is 5.76. The second-order valence-electron chi connectivity index (χ2n) is 4.53. The molecule has 0 aliphatic carbocycles. The van der Waals surface area contributed by atoms with Crippen molar-refractivity contribution in [2.45, 2.75) is 20.0 Å². The average molecular weight is 288 g/mol. The van der Waals surface area contributed by atoms with Crippen molar-refractivity contribution >= 4 is 17.3 Å². The number of nitrogen functional groups attached to an aromatic ring is 1. The van der Waals surface area contributed by atoms with Gasteiger partial charge in [-0.15, -0.1) is 0 Å². The van der Waals surface area contributed by atoms with Crippen LogP contribution in [0.25, 0.3) is 0 Å². The van der Waals surface area contributed by atoms with Crippen LogP contribution in [0.1, 0.15) is 19.2 Å². The molecule has 3 N–H and O–H groups in total. The van der Waals surface area contributed by atoms with E-state index in [9.17, 15) is 0 Å². The Balaban J connectivity index is 2.07. The van der Waals surface area contributed by atoms with Crippen molar-refractivity contribution in [2.24, 2.45) is 0 Å². The summed E-state index contributed by atoms with van der Waals surface area (Å²) >= 11 is 0. The molecular formula is C15H20N4O2. The van der Waals surface area contributed by atoms with E-state index >= 15 is 0 Å². The number of ether oxygens (including phenoxy) is 2. The van der Waals surface area contributed by atoms with Gasteiger partial charge >= 0.3 is 0 Å². The Kier molecular flexibility index (Phi) is 5.34. The van der Waals surface area contributed by atoms with Crippen LogP contribution in [0.4, 0.5) is 17.3 Å². The van der Waals surface area contributed by atoms with Crippen molar-refractivity contribution in [1.29, 1.82) is 0 Å². The molecule has 0 fully saturated rings.